The summed E-state index contributed by atoms with van der Waals surface area (Å²) in [5.74, 6) is 0.563. The van der Waals surface area contributed by atoms with Gasteiger partial charge in [0.1, 0.15) is 11.4 Å². The first-order valence-electron chi connectivity index (χ1n) is 9.10. The van der Waals surface area contributed by atoms with E-state index in [0.29, 0.717) is 17.1 Å². The van der Waals surface area contributed by atoms with E-state index in [9.17, 15) is 18.0 Å². The Morgan fingerprint density at radius 3 is 2.78 bits per heavy atom. The first kappa shape index (κ1) is 21.9. The molecule has 32 heavy (non-hydrogen) atoms. The lowest BCUT2D eigenvalue weighted by molar-refractivity contribution is -0.137. The second kappa shape index (κ2) is 9.05. The van der Waals surface area contributed by atoms with Crippen molar-refractivity contribution in [1.82, 2.24) is 20.2 Å². The summed E-state index contributed by atoms with van der Waals surface area (Å²) in [6.07, 6.45) is -1.45. The number of rotatable bonds is 5. The van der Waals surface area contributed by atoms with E-state index >= 15 is 0 Å². The van der Waals surface area contributed by atoms with Gasteiger partial charge in [0.2, 0.25) is 0 Å². The number of amides is 2. The van der Waals surface area contributed by atoms with E-state index < -0.39 is 17.8 Å². The molecule has 0 aliphatic rings. The number of alkyl halides is 3. The van der Waals surface area contributed by atoms with Gasteiger partial charge in [0.05, 0.1) is 27.9 Å². The Kier molecular flexibility index (Phi) is 6.19. The number of H-pyrrole nitrogens is 1. The number of nitrogens with one attached hydrogen (secondary N) is 3. The van der Waals surface area contributed by atoms with Crippen LogP contribution in [0.25, 0.3) is 11.0 Å². The smallest absolute Gasteiger partial charge is 0.308 e. The Balaban J connectivity index is 1.42. The number of aromatic nitrogens is 4. The molecule has 0 aliphatic carbocycles. The van der Waals surface area contributed by atoms with Crippen molar-refractivity contribution in [1.29, 1.82) is 0 Å². The molecule has 2 heterocycles. The topological polar surface area (TPSA) is 95.6 Å². The summed E-state index contributed by atoms with van der Waals surface area (Å²) in [7, 11) is 0. The number of aromatic amines is 1. The number of carbonyl (C=O) groups is 1. The molecule has 0 fully saturated rings. The van der Waals surface area contributed by atoms with E-state index in [-0.39, 0.29) is 10.7 Å². The molecular formula is C20H14ClF3N6OS. The largest absolute Gasteiger partial charge is 0.416 e. The zero-order valence-corrected chi connectivity index (χ0v) is 17.6. The molecule has 7 nitrogen and oxygen atoms in total. The highest BCUT2D eigenvalue weighted by atomic mass is 35.5. The third-order valence-corrected chi connectivity index (χ3v) is 5.72. The molecule has 0 saturated heterocycles. The monoisotopic (exact) mass is 478 g/mol. The summed E-state index contributed by atoms with van der Waals surface area (Å²) in [5.41, 5.74) is 0.967. The summed E-state index contributed by atoms with van der Waals surface area (Å²) in [4.78, 5) is 20.7. The maximum absolute atomic E-state index is 12.9. The van der Waals surface area contributed by atoms with Crippen LogP contribution in [-0.4, -0.2) is 26.2 Å². The summed E-state index contributed by atoms with van der Waals surface area (Å²) < 4.78 is 38.7. The van der Waals surface area contributed by atoms with Gasteiger partial charge in [-0.15, -0.1) is 11.8 Å². The van der Waals surface area contributed by atoms with Crippen LogP contribution in [0.3, 0.4) is 0 Å². The van der Waals surface area contributed by atoms with Gasteiger partial charge in [0.25, 0.3) is 0 Å². The number of hydrogen-bond donors (Lipinski definition) is 3. The predicted octanol–water partition coefficient (Wildman–Crippen LogP) is 5.96. The van der Waals surface area contributed by atoms with Crippen molar-refractivity contribution in [2.75, 3.05) is 10.6 Å². The Bertz CT molecular complexity index is 1280. The third-order valence-electron chi connectivity index (χ3n) is 4.31. The van der Waals surface area contributed by atoms with Crippen molar-refractivity contribution in [3.63, 3.8) is 0 Å². The van der Waals surface area contributed by atoms with Gasteiger partial charge in [0, 0.05) is 11.4 Å². The van der Waals surface area contributed by atoms with Crippen LogP contribution in [0.2, 0.25) is 5.02 Å². The zero-order chi connectivity index (χ0) is 22.7. The quantitative estimate of drug-likeness (QED) is 0.243. The van der Waals surface area contributed by atoms with Crippen LogP contribution in [0.5, 0.6) is 0 Å². The highest BCUT2D eigenvalue weighted by molar-refractivity contribution is 7.98. The molecular weight excluding hydrogens is 465 g/mol. The number of anilines is 2. The molecule has 2 amide bonds. The fourth-order valence-corrected chi connectivity index (χ4v) is 3.90. The number of nitrogens with zero attached hydrogens (tertiary/aromatic N) is 3. The third kappa shape index (κ3) is 5.11. The Morgan fingerprint density at radius 2 is 1.97 bits per heavy atom. The number of halogens is 4. The lowest BCUT2D eigenvalue weighted by atomic mass is 10.2. The molecule has 0 atom stereocenters. The van der Waals surface area contributed by atoms with Crippen LogP contribution in [0.4, 0.5) is 29.3 Å². The van der Waals surface area contributed by atoms with Gasteiger partial charge in [-0.3, -0.25) is 5.10 Å². The van der Waals surface area contributed by atoms with Crippen molar-refractivity contribution in [2.24, 2.45) is 0 Å². The molecule has 0 unspecified atom stereocenters. The van der Waals surface area contributed by atoms with Crippen LogP contribution < -0.4 is 10.6 Å². The SMILES string of the molecule is O=C(Nc1cccc(CSc2ncnc3[nH]ncc23)c1)Nc1cc(C(F)(F)F)ccc1Cl. The molecule has 12 heteroatoms. The van der Waals surface area contributed by atoms with Gasteiger partial charge < -0.3 is 10.6 Å². The standard InChI is InChI=1S/C20H14ClF3N6OS/c21-15-5-4-12(20(22,23)24)7-16(15)29-19(31)28-13-3-1-2-11(6-13)9-32-18-14-8-27-30-17(14)25-10-26-18/h1-8,10H,9H2,(H2,28,29,31)(H,25,26,27,30). The van der Waals surface area contributed by atoms with E-state index in [1.165, 1.54) is 18.1 Å². The molecule has 0 aliphatic heterocycles. The highest BCUT2D eigenvalue weighted by Crippen LogP contribution is 2.34. The minimum absolute atomic E-state index is 0.00582. The molecule has 2 aromatic carbocycles. The van der Waals surface area contributed by atoms with E-state index in [4.69, 9.17) is 11.6 Å². The zero-order valence-electron chi connectivity index (χ0n) is 16.1. The van der Waals surface area contributed by atoms with Gasteiger partial charge >= 0.3 is 12.2 Å². The number of hydrogen-bond acceptors (Lipinski definition) is 5. The summed E-state index contributed by atoms with van der Waals surface area (Å²) in [5, 5.41) is 13.3. The van der Waals surface area contributed by atoms with Crippen molar-refractivity contribution in [3.05, 3.63) is 71.1 Å². The molecule has 0 bridgehead atoms. The van der Waals surface area contributed by atoms with E-state index in [2.05, 4.69) is 30.8 Å². The fourth-order valence-electron chi connectivity index (χ4n) is 2.83. The Morgan fingerprint density at radius 1 is 1.12 bits per heavy atom. The van der Waals surface area contributed by atoms with Crippen molar-refractivity contribution >= 4 is 51.8 Å². The maximum atomic E-state index is 12.9. The van der Waals surface area contributed by atoms with E-state index in [1.807, 2.05) is 6.07 Å². The van der Waals surface area contributed by atoms with Crippen LogP contribution in [-0.2, 0) is 11.9 Å². The van der Waals surface area contributed by atoms with Gasteiger partial charge in [-0.25, -0.2) is 14.8 Å². The predicted molar refractivity (Wildman–Crippen MR) is 117 cm³/mol. The summed E-state index contributed by atoms with van der Waals surface area (Å²) >= 11 is 7.40. The number of urea groups is 1. The van der Waals surface area contributed by atoms with Crippen LogP contribution in [0.1, 0.15) is 11.1 Å². The molecule has 0 saturated carbocycles. The van der Waals surface area contributed by atoms with Crippen LogP contribution in [0, 0.1) is 0 Å². The van der Waals surface area contributed by atoms with Gasteiger partial charge in [-0.2, -0.15) is 18.3 Å². The molecule has 4 aromatic rings. The first-order chi connectivity index (χ1) is 15.3. The second-order valence-electron chi connectivity index (χ2n) is 6.57. The fraction of sp³-hybridized carbons (Fsp3) is 0.100. The van der Waals surface area contributed by atoms with Crippen LogP contribution in [0.15, 0.2) is 60.0 Å². The first-order valence-corrected chi connectivity index (χ1v) is 10.5. The number of fused-ring (bicyclic) bond motifs is 1. The second-order valence-corrected chi connectivity index (χ2v) is 7.94. The van der Waals surface area contributed by atoms with Crippen molar-refractivity contribution in [2.45, 2.75) is 17.0 Å². The van der Waals surface area contributed by atoms with Crippen molar-refractivity contribution in [3.8, 4) is 0 Å². The molecule has 164 valence electrons. The van der Waals surface area contributed by atoms with Crippen molar-refractivity contribution < 1.29 is 18.0 Å². The minimum atomic E-state index is -4.55. The lowest BCUT2D eigenvalue weighted by Gasteiger charge is -2.13. The average molecular weight is 479 g/mol. The Labute approximate surface area is 188 Å². The summed E-state index contributed by atoms with van der Waals surface area (Å²) in [6.45, 7) is 0. The molecule has 0 radical (unpaired) electrons. The highest BCUT2D eigenvalue weighted by Gasteiger charge is 2.31. The average Bonchev–Trinajstić information content (AvgIpc) is 3.23. The molecule has 0 spiro atoms. The molecule has 3 N–H and O–H groups in total. The lowest BCUT2D eigenvalue weighted by Crippen LogP contribution is -2.20. The molecule has 2 aromatic heterocycles. The number of thioether (sulfide) groups is 1. The van der Waals surface area contributed by atoms with E-state index in [0.717, 1.165) is 34.2 Å². The van der Waals surface area contributed by atoms with Gasteiger partial charge in [0.15, 0.2) is 5.65 Å². The van der Waals surface area contributed by atoms with Gasteiger partial charge in [-0.05, 0) is 35.9 Å². The van der Waals surface area contributed by atoms with Crippen LogP contribution >= 0.6 is 23.4 Å². The molecule has 4 rings (SSSR count). The maximum Gasteiger partial charge on any atom is 0.416 e. The summed E-state index contributed by atoms with van der Waals surface area (Å²) in [6, 6.07) is 9.07. The van der Waals surface area contributed by atoms with E-state index in [1.54, 1.807) is 24.4 Å². The number of benzene rings is 2. The Hall–Kier alpha value is -3.31. The van der Waals surface area contributed by atoms with Gasteiger partial charge in [-0.1, -0.05) is 23.7 Å². The normalized spacial score (nSPS) is 11.5. The minimum Gasteiger partial charge on any atom is -0.308 e. The number of carbonyl (C=O) groups excluding carboxylic acids is 1.